The van der Waals surface area contributed by atoms with Gasteiger partial charge in [-0.25, -0.2) is 13.9 Å². The van der Waals surface area contributed by atoms with Gasteiger partial charge < -0.3 is 21.3 Å². The minimum atomic E-state index is -1.18. The fourth-order valence-corrected chi connectivity index (χ4v) is 4.35. The smallest absolute Gasteiger partial charge is 0.251 e. The highest BCUT2D eigenvalue weighted by Crippen LogP contribution is 2.38. The Balaban J connectivity index is 1.70. The molecule has 3 heterocycles. The number of nitrogens with two attached hydrogens (primary N) is 1. The maximum atomic E-state index is 14.8. The van der Waals surface area contributed by atoms with E-state index >= 15 is 0 Å². The Bertz CT molecular complexity index is 1360. The van der Waals surface area contributed by atoms with Gasteiger partial charge in [0, 0.05) is 10.4 Å². The van der Waals surface area contributed by atoms with Gasteiger partial charge in [0.1, 0.15) is 16.4 Å². The maximum absolute atomic E-state index is 14.8. The van der Waals surface area contributed by atoms with Gasteiger partial charge in [-0.1, -0.05) is 12.1 Å². The Morgan fingerprint density at radius 2 is 1.85 bits per heavy atom. The number of primary amides is 1. The first-order valence-electron chi connectivity index (χ1n) is 10.2. The number of hydrogen-bond acceptors (Lipinski definition) is 7. The lowest BCUT2D eigenvalue weighted by Gasteiger charge is -2.18. The quantitative estimate of drug-likeness (QED) is 0.339. The molecule has 1 aromatic carbocycles. The average molecular weight is 470 g/mol. The van der Waals surface area contributed by atoms with Crippen molar-refractivity contribution in [1.29, 1.82) is 0 Å². The number of aliphatic hydroxyl groups is 2. The molecule has 4 rings (SSSR count). The van der Waals surface area contributed by atoms with Gasteiger partial charge in [0.25, 0.3) is 5.91 Å². The number of fused-ring (bicyclic) bond motifs is 1. The summed E-state index contributed by atoms with van der Waals surface area (Å²) in [5, 5.41) is 28.2. The lowest BCUT2D eigenvalue weighted by molar-refractivity contribution is 0.0743. The summed E-state index contributed by atoms with van der Waals surface area (Å²) in [6, 6.07) is 9.42. The molecule has 0 saturated heterocycles. The first-order chi connectivity index (χ1) is 15.3. The minimum absolute atomic E-state index is 0.200. The number of thiophene rings is 1. The Hall–Kier alpha value is -3.34. The van der Waals surface area contributed by atoms with Gasteiger partial charge in [0.15, 0.2) is 11.5 Å². The van der Waals surface area contributed by atoms with Gasteiger partial charge in [0.05, 0.1) is 23.1 Å². The SMILES string of the molecule is CC(C)(O)c1ccc(-c2cc(C(N)=O)c(Nc3ccc4nc(C(C)(C)O)cn4n3)s2)c(F)c1. The third kappa shape index (κ3) is 4.58. The molecule has 0 spiro atoms. The van der Waals surface area contributed by atoms with Crippen molar-refractivity contribution in [3.63, 3.8) is 0 Å². The molecule has 0 aliphatic heterocycles. The summed E-state index contributed by atoms with van der Waals surface area (Å²) in [7, 11) is 0. The molecule has 0 unspecified atom stereocenters. The molecule has 172 valence electrons. The molecule has 33 heavy (non-hydrogen) atoms. The Morgan fingerprint density at radius 3 is 2.45 bits per heavy atom. The van der Waals surface area contributed by atoms with Crippen molar-refractivity contribution in [2.45, 2.75) is 38.9 Å². The molecule has 0 saturated carbocycles. The largest absolute Gasteiger partial charge is 0.386 e. The minimum Gasteiger partial charge on any atom is -0.386 e. The summed E-state index contributed by atoms with van der Waals surface area (Å²) in [6.07, 6.45) is 1.62. The molecule has 4 aromatic rings. The molecular formula is C23H24FN5O3S. The van der Waals surface area contributed by atoms with Gasteiger partial charge in [-0.05, 0) is 57.5 Å². The first-order valence-corrected chi connectivity index (χ1v) is 11.0. The van der Waals surface area contributed by atoms with Crippen LogP contribution in [0.4, 0.5) is 15.2 Å². The topological polar surface area (TPSA) is 126 Å². The molecule has 5 N–H and O–H groups in total. The predicted molar refractivity (Wildman–Crippen MR) is 125 cm³/mol. The van der Waals surface area contributed by atoms with E-state index in [1.165, 1.54) is 16.6 Å². The summed E-state index contributed by atoms with van der Waals surface area (Å²) in [4.78, 5) is 16.9. The normalized spacial score (nSPS) is 12.3. The van der Waals surface area contributed by atoms with Crippen LogP contribution in [0.5, 0.6) is 0 Å². The predicted octanol–water partition coefficient (Wildman–Crippen LogP) is 3.89. The zero-order valence-corrected chi connectivity index (χ0v) is 19.4. The zero-order valence-electron chi connectivity index (χ0n) is 18.5. The van der Waals surface area contributed by atoms with Gasteiger partial charge in [-0.3, -0.25) is 4.79 Å². The van der Waals surface area contributed by atoms with Crippen LogP contribution in [0.1, 0.15) is 49.3 Å². The second-order valence-electron chi connectivity index (χ2n) is 8.80. The van der Waals surface area contributed by atoms with Crippen molar-refractivity contribution < 1.29 is 19.4 Å². The van der Waals surface area contributed by atoms with Crippen LogP contribution in [0.15, 0.2) is 42.6 Å². The van der Waals surface area contributed by atoms with Crippen molar-refractivity contribution in [3.8, 4) is 10.4 Å². The van der Waals surface area contributed by atoms with Crippen LogP contribution in [0.25, 0.3) is 16.1 Å². The number of carbonyl (C=O) groups is 1. The van der Waals surface area contributed by atoms with Crippen LogP contribution in [-0.2, 0) is 11.2 Å². The van der Waals surface area contributed by atoms with Crippen molar-refractivity contribution in [2.24, 2.45) is 5.73 Å². The maximum Gasteiger partial charge on any atom is 0.251 e. The summed E-state index contributed by atoms with van der Waals surface area (Å²) >= 11 is 1.16. The van der Waals surface area contributed by atoms with E-state index in [9.17, 15) is 19.4 Å². The molecule has 1 amide bonds. The standard InChI is InChI=1S/C23H24FN5O3S/c1-22(2,31)12-5-6-13(15(24)9-12)16-10-14(20(25)30)21(33-16)27-18-7-8-19-26-17(23(3,4)32)11-29(19)28-18/h5-11,31-32H,1-4H3,(H2,25,30)(H,27,28). The highest BCUT2D eigenvalue weighted by Gasteiger charge is 2.22. The van der Waals surface area contributed by atoms with Gasteiger partial charge in [0.2, 0.25) is 0 Å². The second-order valence-corrected chi connectivity index (χ2v) is 9.86. The zero-order chi connectivity index (χ0) is 24.1. The highest BCUT2D eigenvalue weighted by atomic mass is 32.1. The molecular weight excluding hydrogens is 445 g/mol. The Morgan fingerprint density at radius 1 is 1.12 bits per heavy atom. The second kappa shape index (κ2) is 7.91. The number of amides is 1. The molecule has 10 heteroatoms. The lowest BCUT2D eigenvalue weighted by atomic mass is 9.96. The van der Waals surface area contributed by atoms with Crippen molar-refractivity contribution in [2.75, 3.05) is 5.32 Å². The monoisotopic (exact) mass is 469 g/mol. The number of nitrogens with zero attached hydrogens (tertiary/aromatic N) is 3. The van der Waals surface area contributed by atoms with Gasteiger partial charge in [-0.15, -0.1) is 16.4 Å². The number of benzene rings is 1. The van der Waals surface area contributed by atoms with Crippen LogP contribution in [0, 0.1) is 5.82 Å². The van der Waals surface area contributed by atoms with Crippen molar-refractivity contribution >= 4 is 33.7 Å². The number of aromatic nitrogens is 3. The van der Waals surface area contributed by atoms with E-state index in [0.717, 1.165) is 11.3 Å². The van der Waals surface area contributed by atoms with E-state index in [2.05, 4.69) is 15.4 Å². The number of nitrogens with one attached hydrogen (secondary N) is 1. The summed E-state index contributed by atoms with van der Waals surface area (Å²) in [6.45, 7) is 6.42. The molecule has 8 nitrogen and oxygen atoms in total. The number of rotatable bonds is 6. The fourth-order valence-electron chi connectivity index (χ4n) is 3.25. The summed E-state index contributed by atoms with van der Waals surface area (Å²) < 4.78 is 16.3. The molecule has 0 bridgehead atoms. The number of halogens is 1. The van der Waals surface area contributed by atoms with Gasteiger partial charge in [-0.2, -0.15) is 0 Å². The van der Waals surface area contributed by atoms with E-state index in [4.69, 9.17) is 5.73 Å². The number of carbonyl (C=O) groups excluding carboxylic acids is 1. The van der Waals surface area contributed by atoms with Crippen LogP contribution in [0.2, 0.25) is 0 Å². The molecule has 0 aliphatic rings. The van der Waals surface area contributed by atoms with Crippen LogP contribution >= 0.6 is 11.3 Å². The third-order valence-electron chi connectivity index (χ3n) is 5.13. The van der Waals surface area contributed by atoms with Crippen molar-refractivity contribution in [1.82, 2.24) is 14.6 Å². The lowest BCUT2D eigenvalue weighted by Crippen LogP contribution is -2.15. The summed E-state index contributed by atoms with van der Waals surface area (Å²) in [5.41, 5.74) is 5.21. The highest BCUT2D eigenvalue weighted by molar-refractivity contribution is 7.19. The molecule has 0 aliphatic carbocycles. The number of hydrogen-bond donors (Lipinski definition) is 4. The average Bonchev–Trinajstić information content (AvgIpc) is 3.31. The van der Waals surface area contributed by atoms with E-state index in [1.54, 1.807) is 58.2 Å². The molecule has 0 atom stereocenters. The molecule has 3 aromatic heterocycles. The van der Waals surface area contributed by atoms with E-state index < -0.39 is 22.9 Å². The summed E-state index contributed by atoms with van der Waals surface area (Å²) in [5.74, 6) is -0.770. The fraction of sp³-hybridized carbons (Fsp3) is 0.261. The van der Waals surface area contributed by atoms with Crippen LogP contribution < -0.4 is 11.1 Å². The van der Waals surface area contributed by atoms with Crippen LogP contribution in [-0.4, -0.2) is 30.7 Å². The number of anilines is 2. The van der Waals surface area contributed by atoms with Crippen molar-refractivity contribution in [3.05, 3.63) is 65.2 Å². The van der Waals surface area contributed by atoms with Gasteiger partial charge >= 0.3 is 0 Å². The van der Waals surface area contributed by atoms with E-state index in [0.29, 0.717) is 32.6 Å². The molecule has 0 radical (unpaired) electrons. The molecule has 0 fully saturated rings. The first kappa shape index (κ1) is 22.8. The third-order valence-corrected chi connectivity index (χ3v) is 6.21. The van der Waals surface area contributed by atoms with E-state index in [-0.39, 0.29) is 11.1 Å². The number of imidazole rings is 1. The Kier molecular flexibility index (Phi) is 5.47. The van der Waals surface area contributed by atoms with E-state index in [1.807, 2.05) is 0 Å². The van der Waals surface area contributed by atoms with Crippen LogP contribution in [0.3, 0.4) is 0 Å². The Labute approximate surface area is 193 Å².